The van der Waals surface area contributed by atoms with Gasteiger partial charge in [0, 0.05) is 13.1 Å². The molecule has 1 aliphatic rings. The standard InChI is InChI=1S/C18H23NO5/c1-4-19(11-13(2)3)17(20)12-24-18(21)10-14-5-6-15-16(9-14)23-8-7-22-15/h5-6,9H,2,4,7-8,10-12H2,1,3H3. The first-order valence-electron chi connectivity index (χ1n) is 7.96. The lowest BCUT2D eigenvalue weighted by Gasteiger charge is -2.21. The number of esters is 1. The summed E-state index contributed by atoms with van der Waals surface area (Å²) in [5, 5.41) is 0. The van der Waals surface area contributed by atoms with Crippen LogP contribution in [-0.4, -0.2) is 49.7 Å². The van der Waals surface area contributed by atoms with E-state index in [1.54, 1.807) is 23.1 Å². The number of likely N-dealkylation sites (N-methyl/N-ethyl adjacent to an activating group) is 1. The van der Waals surface area contributed by atoms with E-state index in [0.717, 1.165) is 11.1 Å². The van der Waals surface area contributed by atoms with Crippen molar-refractivity contribution in [1.29, 1.82) is 0 Å². The molecule has 0 spiro atoms. The molecule has 1 aromatic carbocycles. The summed E-state index contributed by atoms with van der Waals surface area (Å²) in [5.74, 6) is 0.621. The topological polar surface area (TPSA) is 65.1 Å². The van der Waals surface area contributed by atoms with Gasteiger partial charge >= 0.3 is 5.97 Å². The van der Waals surface area contributed by atoms with Gasteiger partial charge in [0.25, 0.3) is 5.91 Å². The van der Waals surface area contributed by atoms with E-state index < -0.39 is 5.97 Å². The highest BCUT2D eigenvalue weighted by molar-refractivity contribution is 5.81. The van der Waals surface area contributed by atoms with E-state index >= 15 is 0 Å². The third-order valence-corrected chi connectivity index (χ3v) is 3.51. The average Bonchev–Trinajstić information content (AvgIpc) is 2.57. The number of amides is 1. The molecule has 0 saturated carbocycles. The highest BCUT2D eigenvalue weighted by Gasteiger charge is 2.16. The van der Waals surface area contributed by atoms with E-state index in [0.29, 0.717) is 37.8 Å². The molecule has 24 heavy (non-hydrogen) atoms. The summed E-state index contributed by atoms with van der Waals surface area (Å²) >= 11 is 0. The zero-order valence-corrected chi connectivity index (χ0v) is 14.2. The van der Waals surface area contributed by atoms with Crippen molar-refractivity contribution < 1.29 is 23.8 Å². The van der Waals surface area contributed by atoms with Crippen molar-refractivity contribution in [1.82, 2.24) is 4.90 Å². The van der Waals surface area contributed by atoms with Gasteiger partial charge < -0.3 is 19.1 Å². The molecule has 1 aliphatic heterocycles. The van der Waals surface area contributed by atoms with Gasteiger partial charge in [-0.15, -0.1) is 0 Å². The van der Waals surface area contributed by atoms with Crippen molar-refractivity contribution in [2.75, 3.05) is 32.9 Å². The second kappa shape index (κ2) is 8.38. The number of fused-ring (bicyclic) bond motifs is 1. The zero-order chi connectivity index (χ0) is 17.5. The van der Waals surface area contributed by atoms with Crippen molar-refractivity contribution in [3.63, 3.8) is 0 Å². The molecule has 0 fully saturated rings. The van der Waals surface area contributed by atoms with Crippen LogP contribution in [0.1, 0.15) is 19.4 Å². The van der Waals surface area contributed by atoms with E-state index in [-0.39, 0.29) is 18.9 Å². The predicted molar refractivity (Wildman–Crippen MR) is 89.2 cm³/mol. The van der Waals surface area contributed by atoms with Crippen LogP contribution in [0.25, 0.3) is 0 Å². The number of hydrogen-bond acceptors (Lipinski definition) is 5. The minimum Gasteiger partial charge on any atom is -0.486 e. The molecule has 0 unspecified atom stereocenters. The van der Waals surface area contributed by atoms with Crippen LogP contribution in [0.5, 0.6) is 11.5 Å². The van der Waals surface area contributed by atoms with Gasteiger partial charge in [-0.2, -0.15) is 0 Å². The van der Waals surface area contributed by atoms with Gasteiger partial charge in [0.15, 0.2) is 18.1 Å². The van der Waals surface area contributed by atoms with Crippen molar-refractivity contribution in [3.05, 3.63) is 35.9 Å². The Hall–Kier alpha value is -2.50. The van der Waals surface area contributed by atoms with Gasteiger partial charge in [-0.25, -0.2) is 0 Å². The number of carbonyl (C=O) groups excluding carboxylic acids is 2. The molecule has 0 saturated heterocycles. The molecular weight excluding hydrogens is 310 g/mol. The first kappa shape index (κ1) is 17.8. The van der Waals surface area contributed by atoms with Crippen molar-refractivity contribution >= 4 is 11.9 Å². The Labute approximate surface area is 142 Å². The Balaban J connectivity index is 1.84. The molecule has 130 valence electrons. The van der Waals surface area contributed by atoms with E-state index in [2.05, 4.69) is 6.58 Å². The summed E-state index contributed by atoms with van der Waals surface area (Å²) in [6.07, 6.45) is 0.0799. The fourth-order valence-corrected chi connectivity index (χ4v) is 2.35. The summed E-state index contributed by atoms with van der Waals surface area (Å²) < 4.78 is 16.0. The van der Waals surface area contributed by atoms with Crippen LogP contribution in [0.3, 0.4) is 0 Å². The lowest BCUT2D eigenvalue weighted by molar-refractivity contribution is -0.151. The molecule has 1 heterocycles. The lowest BCUT2D eigenvalue weighted by atomic mass is 10.1. The Bertz CT molecular complexity index is 626. The fraction of sp³-hybridized carbons (Fsp3) is 0.444. The SMILES string of the molecule is C=C(C)CN(CC)C(=O)COC(=O)Cc1ccc2c(c1)OCCO2. The Morgan fingerprint density at radius 2 is 1.96 bits per heavy atom. The molecule has 1 amide bonds. The summed E-state index contributed by atoms with van der Waals surface area (Å²) in [7, 11) is 0. The molecule has 6 nitrogen and oxygen atoms in total. The fourth-order valence-electron chi connectivity index (χ4n) is 2.35. The highest BCUT2D eigenvalue weighted by atomic mass is 16.6. The van der Waals surface area contributed by atoms with Crippen molar-refractivity contribution in [2.45, 2.75) is 20.3 Å². The molecule has 2 rings (SSSR count). The minimum atomic E-state index is -0.452. The van der Waals surface area contributed by atoms with Crippen LogP contribution in [0.2, 0.25) is 0 Å². The first-order valence-corrected chi connectivity index (χ1v) is 7.96. The summed E-state index contributed by atoms with van der Waals surface area (Å²) in [4.78, 5) is 25.6. The van der Waals surface area contributed by atoms with Crippen LogP contribution in [0.15, 0.2) is 30.4 Å². The Morgan fingerprint density at radius 3 is 2.62 bits per heavy atom. The van der Waals surface area contributed by atoms with E-state index in [4.69, 9.17) is 14.2 Å². The highest BCUT2D eigenvalue weighted by Crippen LogP contribution is 2.30. The molecule has 0 aromatic heterocycles. The second-order valence-corrected chi connectivity index (χ2v) is 5.68. The van der Waals surface area contributed by atoms with E-state index in [9.17, 15) is 9.59 Å². The van der Waals surface area contributed by atoms with Crippen LogP contribution in [0.4, 0.5) is 0 Å². The Morgan fingerprint density at radius 1 is 1.25 bits per heavy atom. The summed E-state index contributed by atoms with van der Waals surface area (Å²) in [6, 6.07) is 5.32. The average molecular weight is 333 g/mol. The molecule has 1 aromatic rings. The van der Waals surface area contributed by atoms with Crippen molar-refractivity contribution in [3.8, 4) is 11.5 Å². The lowest BCUT2D eigenvalue weighted by Crippen LogP contribution is -2.35. The van der Waals surface area contributed by atoms with Gasteiger partial charge in [-0.3, -0.25) is 9.59 Å². The van der Waals surface area contributed by atoms with Crippen molar-refractivity contribution in [2.24, 2.45) is 0 Å². The first-order chi connectivity index (χ1) is 11.5. The maximum Gasteiger partial charge on any atom is 0.310 e. The van der Waals surface area contributed by atoms with Crippen LogP contribution < -0.4 is 9.47 Å². The molecule has 0 N–H and O–H groups in total. The zero-order valence-electron chi connectivity index (χ0n) is 14.2. The van der Waals surface area contributed by atoms with Crippen LogP contribution in [-0.2, 0) is 20.7 Å². The van der Waals surface area contributed by atoms with Crippen LogP contribution in [0, 0.1) is 0 Å². The predicted octanol–water partition coefficient (Wildman–Crippen LogP) is 1.97. The summed E-state index contributed by atoms with van der Waals surface area (Å²) in [6.45, 7) is 9.28. The maximum atomic E-state index is 12.0. The quantitative estimate of drug-likeness (QED) is 0.564. The Kier molecular flexibility index (Phi) is 6.23. The number of rotatable bonds is 7. The smallest absolute Gasteiger partial charge is 0.310 e. The minimum absolute atomic E-state index is 0.0799. The molecule has 0 aliphatic carbocycles. The van der Waals surface area contributed by atoms with Gasteiger partial charge in [-0.1, -0.05) is 18.2 Å². The molecule has 0 radical (unpaired) electrons. The van der Waals surface area contributed by atoms with E-state index in [1.807, 2.05) is 13.8 Å². The molecule has 6 heteroatoms. The second-order valence-electron chi connectivity index (χ2n) is 5.68. The van der Waals surface area contributed by atoms with Gasteiger partial charge in [0.1, 0.15) is 13.2 Å². The van der Waals surface area contributed by atoms with E-state index in [1.165, 1.54) is 0 Å². The number of ether oxygens (including phenoxy) is 3. The number of benzene rings is 1. The summed E-state index contributed by atoms with van der Waals surface area (Å²) in [5.41, 5.74) is 1.64. The monoisotopic (exact) mass is 333 g/mol. The molecule has 0 bridgehead atoms. The molecular formula is C18H23NO5. The maximum absolute atomic E-state index is 12.0. The normalized spacial score (nSPS) is 12.4. The van der Waals surface area contributed by atoms with Gasteiger partial charge in [-0.05, 0) is 31.5 Å². The molecule has 0 atom stereocenters. The third kappa shape index (κ3) is 5.01. The number of nitrogens with zero attached hydrogens (tertiary/aromatic N) is 1. The third-order valence-electron chi connectivity index (χ3n) is 3.51. The van der Waals surface area contributed by atoms with Gasteiger partial charge in [0.05, 0.1) is 6.42 Å². The number of carbonyl (C=O) groups is 2. The van der Waals surface area contributed by atoms with Gasteiger partial charge in [0.2, 0.25) is 0 Å². The van der Waals surface area contributed by atoms with Crippen LogP contribution >= 0.6 is 0 Å². The number of hydrogen-bond donors (Lipinski definition) is 0. The largest absolute Gasteiger partial charge is 0.486 e.